The molecule has 0 saturated heterocycles. The second kappa shape index (κ2) is 6.36. The summed E-state index contributed by atoms with van der Waals surface area (Å²) in [5, 5.41) is 8.69. The molecule has 0 saturated carbocycles. The first-order valence-electron chi connectivity index (χ1n) is 6.48. The number of nitrogens with zero attached hydrogens (tertiary/aromatic N) is 2. The molecule has 4 heteroatoms. The molecule has 20 heavy (non-hydrogen) atoms. The number of imidazole rings is 1. The molecule has 2 rings (SSSR count). The second-order valence-electron chi connectivity index (χ2n) is 4.63. The smallest absolute Gasteiger partial charge is 0.138 e. The predicted octanol–water partition coefficient (Wildman–Crippen LogP) is 2.42. The summed E-state index contributed by atoms with van der Waals surface area (Å²) in [4.78, 5) is 4.25. The third-order valence-electron chi connectivity index (χ3n) is 3.19. The van der Waals surface area contributed by atoms with Crippen LogP contribution in [0.2, 0.25) is 0 Å². The Balaban J connectivity index is 2.24. The van der Waals surface area contributed by atoms with E-state index in [-0.39, 0.29) is 12.4 Å². The average Bonchev–Trinajstić information content (AvgIpc) is 2.74. The number of hydrogen-bond donors (Lipinski definition) is 1. The first kappa shape index (κ1) is 14.3. The first-order valence-corrected chi connectivity index (χ1v) is 6.48. The number of hydrogen-bond acceptors (Lipinski definition) is 2. The van der Waals surface area contributed by atoms with Gasteiger partial charge in [-0.1, -0.05) is 17.9 Å². The third-order valence-corrected chi connectivity index (χ3v) is 3.19. The minimum absolute atomic E-state index is 0.0121. The van der Waals surface area contributed by atoms with Crippen molar-refractivity contribution in [2.24, 2.45) is 0 Å². The maximum atomic E-state index is 13.6. The van der Waals surface area contributed by atoms with Crippen molar-refractivity contribution in [1.82, 2.24) is 9.55 Å². The average molecular weight is 272 g/mol. The van der Waals surface area contributed by atoms with Gasteiger partial charge >= 0.3 is 0 Å². The van der Waals surface area contributed by atoms with Crippen LogP contribution in [-0.4, -0.2) is 21.3 Å². The van der Waals surface area contributed by atoms with E-state index in [2.05, 4.69) is 16.8 Å². The van der Waals surface area contributed by atoms with Gasteiger partial charge < -0.3 is 9.67 Å². The van der Waals surface area contributed by atoms with Gasteiger partial charge in [-0.3, -0.25) is 0 Å². The number of halogens is 1. The first-order chi connectivity index (χ1) is 9.61. The van der Waals surface area contributed by atoms with E-state index in [1.807, 2.05) is 18.4 Å². The highest BCUT2D eigenvalue weighted by atomic mass is 19.1. The molecule has 0 atom stereocenters. The van der Waals surface area contributed by atoms with Crippen molar-refractivity contribution in [1.29, 1.82) is 0 Å². The van der Waals surface area contributed by atoms with Gasteiger partial charge in [0.1, 0.15) is 5.82 Å². The van der Waals surface area contributed by atoms with E-state index in [9.17, 15) is 4.39 Å². The summed E-state index contributed by atoms with van der Waals surface area (Å²) >= 11 is 0. The molecule has 0 spiro atoms. The fraction of sp³-hybridized carbons (Fsp3) is 0.312. The standard InChI is InChI=1S/C16H17FN2O/c1-12-13(2)19(11-18-12)10-14-6-7-16(17)15(9-14)5-3-4-8-20/h6-7,9,11,20H,4,8,10H2,1-2H3. The number of aliphatic hydroxyl groups excluding tert-OH is 1. The van der Waals surface area contributed by atoms with E-state index in [0.717, 1.165) is 17.0 Å². The van der Waals surface area contributed by atoms with Crippen LogP contribution in [0.3, 0.4) is 0 Å². The summed E-state index contributed by atoms with van der Waals surface area (Å²) in [6.07, 6.45) is 2.13. The van der Waals surface area contributed by atoms with Gasteiger partial charge in [0.05, 0.1) is 24.2 Å². The second-order valence-corrected chi connectivity index (χ2v) is 4.63. The maximum absolute atomic E-state index is 13.6. The van der Waals surface area contributed by atoms with E-state index < -0.39 is 0 Å². The van der Waals surface area contributed by atoms with Gasteiger partial charge in [-0.25, -0.2) is 9.37 Å². The molecule has 1 aromatic carbocycles. The van der Waals surface area contributed by atoms with E-state index in [1.165, 1.54) is 6.07 Å². The summed E-state index contributed by atoms with van der Waals surface area (Å²) in [5.41, 5.74) is 3.43. The zero-order valence-corrected chi connectivity index (χ0v) is 11.7. The number of aryl methyl sites for hydroxylation is 1. The quantitative estimate of drug-likeness (QED) is 0.871. The Hall–Kier alpha value is -2.12. The lowest BCUT2D eigenvalue weighted by Gasteiger charge is -2.06. The lowest BCUT2D eigenvalue weighted by molar-refractivity contribution is 0.305. The molecular formula is C16H17FN2O. The van der Waals surface area contributed by atoms with E-state index in [1.54, 1.807) is 18.5 Å². The van der Waals surface area contributed by atoms with Crippen LogP contribution in [0, 0.1) is 31.5 Å². The zero-order valence-electron chi connectivity index (χ0n) is 11.7. The van der Waals surface area contributed by atoms with Crippen molar-refractivity contribution in [3.8, 4) is 11.8 Å². The number of aromatic nitrogens is 2. The van der Waals surface area contributed by atoms with Crippen LogP contribution in [0.4, 0.5) is 4.39 Å². The predicted molar refractivity (Wildman–Crippen MR) is 75.8 cm³/mol. The Kier molecular flexibility index (Phi) is 4.54. The van der Waals surface area contributed by atoms with Crippen LogP contribution in [0.25, 0.3) is 0 Å². The Morgan fingerprint density at radius 3 is 2.80 bits per heavy atom. The van der Waals surface area contributed by atoms with E-state index in [0.29, 0.717) is 18.5 Å². The molecule has 2 aromatic rings. The Morgan fingerprint density at radius 1 is 1.35 bits per heavy atom. The highest BCUT2D eigenvalue weighted by molar-refractivity contribution is 5.38. The summed E-state index contributed by atoms with van der Waals surface area (Å²) < 4.78 is 15.7. The summed E-state index contributed by atoms with van der Waals surface area (Å²) in [5.74, 6) is 5.15. The van der Waals surface area contributed by atoms with E-state index >= 15 is 0 Å². The van der Waals surface area contributed by atoms with Gasteiger partial charge in [0.15, 0.2) is 0 Å². The monoisotopic (exact) mass is 272 g/mol. The number of rotatable bonds is 3. The fourth-order valence-electron chi connectivity index (χ4n) is 1.88. The van der Waals surface area contributed by atoms with Gasteiger partial charge in [0.25, 0.3) is 0 Å². The maximum Gasteiger partial charge on any atom is 0.138 e. The summed E-state index contributed by atoms with van der Waals surface area (Å²) in [6, 6.07) is 4.92. The zero-order chi connectivity index (χ0) is 14.5. The van der Waals surface area contributed by atoms with Crippen molar-refractivity contribution in [2.75, 3.05) is 6.61 Å². The summed E-state index contributed by atoms with van der Waals surface area (Å²) in [6.45, 7) is 4.60. The van der Waals surface area contributed by atoms with Gasteiger partial charge in [-0.2, -0.15) is 0 Å². The molecular weight excluding hydrogens is 255 g/mol. The largest absolute Gasteiger partial charge is 0.395 e. The molecule has 0 fully saturated rings. The van der Waals surface area contributed by atoms with Gasteiger partial charge in [-0.15, -0.1) is 0 Å². The molecule has 1 N–H and O–H groups in total. The molecule has 0 unspecified atom stereocenters. The van der Waals surface area contributed by atoms with Crippen LogP contribution in [0.15, 0.2) is 24.5 Å². The molecule has 0 aliphatic heterocycles. The SMILES string of the molecule is Cc1ncn(Cc2ccc(F)c(C#CCCO)c2)c1C. The lowest BCUT2D eigenvalue weighted by Crippen LogP contribution is -2.01. The van der Waals surface area contributed by atoms with Crippen molar-refractivity contribution in [3.63, 3.8) is 0 Å². The highest BCUT2D eigenvalue weighted by Gasteiger charge is 2.05. The topological polar surface area (TPSA) is 38.0 Å². The Morgan fingerprint density at radius 2 is 2.15 bits per heavy atom. The molecule has 1 heterocycles. The van der Waals surface area contributed by atoms with Crippen LogP contribution < -0.4 is 0 Å². The lowest BCUT2D eigenvalue weighted by atomic mass is 10.1. The van der Waals surface area contributed by atoms with E-state index in [4.69, 9.17) is 5.11 Å². The van der Waals surface area contributed by atoms with Crippen LogP contribution in [0.5, 0.6) is 0 Å². The molecule has 0 amide bonds. The van der Waals surface area contributed by atoms with Gasteiger partial charge in [-0.05, 0) is 31.5 Å². The molecule has 0 aliphatic rings. The molecule has 1 aromatic heterocycles. The van der Waals surface area contributed by atoms with Crippen LogP contribution in [0.1, 0.15) is 28.9 Å². The highest BCUT2D eigenvalue weighted by Crippen LogP contribution is 2.13. The van der Waals surface area contributed by atoms with Crippen LogP contribution >= 0.6 is 0 Å². The summed E-state index contributed by atoms with van der Waals surface area (Å²) in [7, 11) is 0. The van der Waals surface area contributed by atoms with Crippen molar-refractivity contribution in [3.05, 3.63) is 52.9 Å². The number of benzene rings is 1. The Bertz CT molecular complexity index is 665. The fourth-order valence-corrected chi connectivity index (χ4v) is 1.88. The van der Waals surface area contributed by atoms with Gasteiger partial charge in [0, 0.05) is 18.7 Å². The Labute approximate surface area is 118 Å². The third kappa shape index (κ3) is 3.25. The minimum atomic E-state index is -0.335. The molecule has 3 nitrogen and oxygen atoms in total. The van der Waals surface area contributed by atoms with Crippen LogP contribution in [-0.2, 0) is 6.54 Å². The molecule has 104 valence electrons. The van der Waals surface area contributed by atoms with Crippen molar-refractivity contribution >= 4 is 0 Å². The molecule has 0 radical (unpaired) electrons. The molecule has 0 bridgehead atoms. The van der Waals surface area contributed by atoms with Gasteiger partial charge in [0.2, 0.25) is 0 Å². The molecule has 0 aliphatic carbocycles. The van der Waals surface area contributed by atoms with Crippen molar-refractivity contribution in [2.45, 2.75) is 26.8 Å². The van der Waals surface area contributed by atoms with Crippen molar-refractivity contribution < 1.29 is 9.50 Å². The normalized spacial score (nSPS) is 10.2. The number of aliphatic hydroxyl groups is 1. The minimum Gasteiger partial charge on any atom is -0.395 e.